The maximum Gasteiger partial charge on any atom is 0.148 e. The Bertz CT molecular complexity index is 298. The van der Waals surface area contributed by atoms with Gasteiger partial charge in [0.05, 0.1) is 13.2 Å². The zero-order chi connectivity index (χ0) is 12.0. The van der Waals surface area contributed by atoms with E-state index in [0.29, 0.717) is 18.6 Å². The molecule has 0 saturated heterocycles. The maximum atomic E-state index is 5.01. The van der Waals surface area contributed by atoms with Crippen LogP contribution in [-0.4, -0.2) is 29.5 Å². The van der Waals surface area contributed by atoms with Crippen molar-refractivity contribution in [3.8, 4) is 0 Å². The lowest BCUT2D eigenvalue weighted by molar-refractivity contribution is 0.183. The highest BCUT2D eigenvalue weighted by Crippen LogP contribution is 2.12. The van der Waals surface area contributed by atoms with E-state index in [9.17, 15) is 0 Å². The number of hydrogen-bond acceptors (Lipinski definition) is 3. The first-order valence-corrected chi connectivity index (χ1v) is 5.96. The molecule has 4 nitrogen and oxygen atoms in total. The largest absolute Gasteiger partial charge is 0.383 e. The summed E-state index contributed by atoms with van der Waals surface area (Å²) < 4.78 is 6.91. The van der Waals surface area contributed by atoms with Crippen LogP contribution in [0.4, 0.5) is 5.82 Å². The summed E-state index contributed by atoms with van der Waals surface area (Å²) in [6.07, 6.45) is 3.16. The van der Waals surface area contributed by atoms with E-state index in [1.807, 2.05) is 16.9 Å². The molecule has 1 rings (SSSR count). The van der Waals surface area contributed by atoms with Crippen LogP contribution in [0.3, 0.4) is 0 Å². The van der Waals surface area contributed by atoms with Crippen LogP contribution in [0.5, 0.6) is 0 Å². The number of ether oxygens (including phenoxy) is 1. The van der Waals surface area contributed by atoms with Crippen LogP contribution in [0.25, 0.3) is 0 Å². The third kappa shape index (κ3) is 3.85. The SMILES string of the molecule is CCC(C)C(C)Nc1ccn(CCOC)n1. The van der Waals surface area contributed by atoms with E-state index in [1.54, 1.807) is 7.11 Å². The van der Waals surface area contributed by atoms with Crippen molar-refractivity contribution in [2.24, 2.45) is 5.92 Å². The van der Waals surface area contributed by atoms with Crippen molar-refractivity contribution in [2.75, 3.05) is 19.0 Å². The average Bonchev–Trinajstić information content (AvgIpc) is 2.72. The first-order valence-electron chi connectivity index (χ1n) is 5.96. The molecule has 0 spiro atoms. The molecule has 2 atom stereocenters. The van der Waals surface area contributed by atoms with Crippen LogP contribution in [0, 0.1) is 5.92 Å². The van der Waals surface area contributed by atoms with E-state index >= 15 is 0 Å². The molecular formula is C12H23N3O. The second kappa shape index (κ2) is 6.53. The predicted molar refractivity (Wildman–Crippen MR) is 66.6 cm³/mol. The summed E-state index contributed by atoms with van der Waals surface area (Å²) in [6, 6.07) is 2.46. The van der Waals surface area contributed by atoms with Gasteiger partial charge in [-0.1, -0.05) is 20.3 Å². The van der Waals surface area contributed by atoms with Crippen LogP contribution in [0.15, 0.2) is 12.3 Å². The van der Waals surface area contributed by atoms with Crippen molar-refractivity contribution in [1.82, 2.24) is 9.78 Å². The van der Waals surface area contributed by atoms with Gasteiger partial charge in [0.25, 0.3) is 0 Å². The quantitative estimate of drug-likeness (QED) is 0.774. The molecule has 4 heteroatoms. The van der Waals surface area contributed by atoms with Gasteiger partial charge in [-0.25, -0.2) is 0 Å². The van der Waals surface area contributed by atoms with Gasteiger partial charge in [-0.2, -0.15) is 5.10 Å². The van der Waals surface area contributed by atoms with Gasteiger partial charge >= 0.3 is 0 Å². The van der Waals surface area contributed by atoms with Crippen molar-refractivity contribution in [3.05, 3.63) is 12.3 Å². The maximum absolute atomic E-state index is 5.01. The first-order chi connectivity index (χ1) is 7.67. The number of rotatable bonds is 7. The fraction of sp³-hybridized carbons (Fsp3) is 0.750. The Labute approximate surface area is 98.0 Å². The Balaban J connectivity index is 2.45. The number of aromatic nitrogens is 2. The normalized spacial score (nSPS) is 14.8. The molecule has 0 radical (unpaired) electrons. The first kappa shape index (κ1) is 13.0. The summed E-state index contributed by atoms with van der Waals surface area (Å²) in [7, 11) is 1.70. The molecule has 0 aromatic carbocycles. The summed E-state index contributed by atoms with van der Waals surface area (Å²) in [6.45, 7) is 8.15. The highest BCUT2D eigenvalue weighted by atomic mass is 16.5. The zero-order valence-electron chi connectivity index (χ0n) is 10.7. The zero-order valence-corrected chi connectivity index (χ0v) is 10.7. The molecule has 0 aliphatic carbocycles. The van der Waals surface area contributed by atoms with Crippen molar-refractivity contribution >= 4 is 5.82 Å². The fourth-order valence-electron chi connectivity index (χ4n) is 1.48. The standard InChI is InChI=1S/C12H23N3O/c1-5-10(2)11(3)13-12-6-7-15(14-12)8-9-16-4/h6-7,10-11H,5,8-9H2,1-4H3,(H,13,14). The van der Waals surface area contributed by atoms with Crippen molar-refractivity contribution in [1.29, 1.82) is 0 Å². The molecule has 1 aromatic rings. The molecule has 1 aromatic heterocycles. The molecular weight excluding hydrogens is 202 g/mol. The minimum atomic E-state index is 0.454. The molecule has 0 aliphatic heterocycles. The molecule has 1 N–H and O–H groups in total. The molecule has 1 heterocycles. The Morgan fingerprint density at radius 1 is 1.50 bits per heavy atom. The monoisotopic (exact) mass is 225 g/mol. The molecule has 16 heavy (non-hydrogen) atoms. The second-order valence-electron chi connectivity index (χ2n) is 4.28. The third-order valence-electron chi connectivity index (χ3n) is 3.04. The number of nitrogens with zero attached hydrogens (tertiary/aromatic N) is 2. The van der Waals surface area contributed by atoms with Crippen molar-refractivity contribution in [2.45, 2.75) is 39.8 Å². The average molecular weight is 225 g/mol. The van der Waals surface area contributed by atoms with Gasteiger partial charge in [0.15, 0.2) is 0 Å². The lowest BCUT2D eigenvalue weighted by atomic mass is 10.0. The minimum absolute atomic E-state index is 0.454. The number of anilines is 1. The second-order valence-corrected chi connectivity index (χ2v) is 4.28. The topological polar surface area (TPSA) is 39.1 Å². The van der Waals surface area contributed by atoms with E-state index < -0.39 is 0 Å². The Kier molecular flexibility index (Phi) is 5.32. The smallest absolute Gasteiger partial charge is 0.148 e. The fourth-order valence-corrected chi connectivity index (χ4v) is 1.48. The van der Waals surface area contributed by atoms with Crippen molar-refractivity contribution in [3.63, 3.8) is 0 Å². The summed E-state index contributed by atoms with van der Waals surface area (Å²) in [5, 5.41) is 7.85. The lowest BCUT2D eigenvalue weighted by Gasteiger charge is -2.19. The highest BCUT2D eigenvalue weighted by Gasteiger charge is 2.10. The van der Waals surface area contributed by atoms with Gasteiger partial charge in [-0.3, -0.25) is 4.68 Å². The summed E-state index contributed by atoms with van der Waals surface area (Å²) >= 11 is 0. The number of nitrogens with one attached hydrogen (secondary N) is 1. The molecule has 0 saturated carbocycles. The van der Waals surface area contributed by atoms with Crippen LogP contribution >= 0.6 is 0 Å². The van der Waals surface area contributed by atoms with Gasteiger partial charge in [-0.05, 0) is 12.8 Å². The van der Waals surface area contributed by atoms with Gasteiger partial charge < -0.3 is 10.1 Å². The summed E-state index contributed by atoms with van der Waals surface area (Å²) in [5.41, 5.74) is 0. The van der Waals surface area contributed by atoms with Gasteiger partial charge in [0.1, 0.15) is 5.82 Å². The predicted octanol–water partition coefficient (Wildman–Crippen LogP) is 2.38. The van der Waals surface area contributed by atoms with E-state index in [0.717, 1.165) is 12.4 Å². The summed E-state index contributed by atoms with van der Waals surface area (Å²) in [4.78, 5) is 0. The van der Waals surface area contributed by atoms with Crippen LogP contribution in [-0.2, 0) is 11.3 Å². The van der Waals surface area contributed by atoms with Gasteiger partial charge in [0, 0.05) is 25.4 Å². The molecule has 0 amide bonds. The molecule has 2 unspecified atom stereocenters. The van der Waals surface area contributed by atoms with E-state index in [1.165, 1.54) is 6.42 Å². The minimum Gasteiger partial charge on any atom is -0.383 e. The Morgan fingerprint density at radius 3 is 2.88 bits per heavy atom. The lowest BCUT2D eigenvalue weighted by Crippen LogP contribution is -2.23. The van der Waals surface area contributed by atoms with Crippen LogP contribution < -0.4 is 5.32 Å². The van der Waals surface area contributed by atoms with E-state index in [4.69, 9.17) is 4.74 Å². The number of hydrogen-bond donors (Lipinski definition) is 1. The van der Waals surface area contributed by atoms with E-state index in [2.05, 4.69) is 31.2 Å². The molecule has 0 aliphatic rings. The van der Waals surface area contributed by atoms with Crippen molar-refractivity contribution < 1.29 is 4.74 Å². The Morgan fingerprint density at radius 2 is 2.25 bits per heavy atom. The number of methoxy groups -OCH3 is 1. The third-order valence-corrected chi connectivity index (χ3v) is 3.04. The van der Waals surface area contributed by atoms with Crippen LogP contribution in [0.1, 0.15) is 27.2 Å². The highest BCUT2D eigenvalue weighted by molar-refractivity contribution is 5.33. The van der Waals surface area contributed by atoms with E-state index in [-0.39, 0.29) is 0 Å². The Hall–Kier alpha value is -1.03. The van der Waals surface area contributed by atoms with Gasteiger partial charge in [-0.15, -0.1) is 0 Å². The summed E-state index contributed by atoms with van der Waals surface area (Å²) in [5.74, 6) is 1.60. The molecule has 0 fully saturated rings. The molecule has 0 bridgehead atoms. The molecule has 92 valence electrons. The van der Waals surface area contributed by atoms with Gasteiger partial charge in [0.2, 0.25) is 0 Å². The van der Waals surface area contributed by atoms with Crippen LogP contribution in [0.2, 0.25) is 0 Å².